The Balaban J connectivity index is 1.48. The van der Waals surface area contributed by atoms with Crippen LogP contribution in [0, 0.1) is 11.3 Å². The summed E-state index contributed by atoms with van der Waals surface area (Å²) in [4.78, 5) is 18.7. The Morgan fingerprint density at radius 3 is 2.71 bits per heavy atom. The van der Waals surface area contributed by atoms with Gasteiger partial charge in [0.1, 0.15) is 11.8 Å². The number of nitrogens with zero attached hydrogens (tertiary/aromatic N) is 4. The Labute approximate surface area is 204 Å². The number of aromatic nitrogens is 2. The first-order chi connectivity index (χ1) is 17.0. The van der Waals surface area contributed by atoms with Gasteiger partial charge in [0.2, 0.25) is 11.7 Å². The van der Waals surface area contributed by atoms with Crippen molar-refractivity contribution in [1.29, 1.82) is 5.26 Å². The van der Waals surface area contributed by atoms with Gasteiger partial charge in [-0.25, -0.2) is 0 Å². The number of nitriles is 1. The fourth-order valence-corrected chi connectivity index (χ4v) is 4.09. The highest BCUT2D eigenvalue weighted by Crippen LogP contribution is 2.29. The summed E-state index contributed by atoms with van der Waals surface area (Å²) in [7, 11) is 0. The van der Waals surface area contributed by atoms with Crippen molar-refractivity contribution in [2.45, 2.75) is 32.8 Å². The molecule has 0 fully saturated rings. The normalized spacial score (nSPS) is 13.7. The average molecular weight is 476 g/mol. The van der Waals surface area contributed by atoms with E-state index in [1.165, 1.54) is 11.1 Å². The fraction of sp³-hybridized carbons (Fsp3) is 0.385. The lowest BCUT2D eigenvalue weighted by atomic mass is 10.00. The van der Waals surface area contributed by atoms with Gasteiger partial charge in [-0.2, -0.15) is 10.2 Å². The van der Waals surface area contributed by atoms with Crippen LogP contribution in [-0.4, -0.2) is 64.9 Å². The highest BCUT2D eigenvalue weighted by Gasteiger charge is 2.19. The maximum Gasteiger partial charge on any atom is 0.258 e. The van der Waals surface area contributed by atoms with Crippen LogP contribution < -0.4 is 10.1 Å². The number of hydrogen-bond donors (Lipinski definition) is 2. The van der Waals surface area contributed by atoms with Crippen LogP contribution in [0.1, 0.15) is 30.5 Å². The van der Waals surface area contributed by atoms with Gasteiger partial charge in [-0.05, 0) is 62.1 Å². The summed E-state index contributed by atoms with van der Waals surface area (Å²) in [5, 5.41) is 25.2. The fourth-order valence-electron chi connectivity index (χ4n) is 4.09. The molecule has 2 heterocycles. The number of ether oxygens (including phenoxy) is 1. The van der Waals surface area contributed by atoms with Gasteiger partial charge >= 0.3 is 0 Å². The highest BCUT2D eigenvalue weighted by molar-refractivity contribution is 5.78. The Morgan fingerprint density at radius 2 is 1.97 bits per heavy atom. The summed E-state index contributed by atoms with van der Waals surface area (Å²) < 4.78 is 11.2. The van der Waals surface area contributed by atoms with Gasteiger partial charge in [-0.3, -0.25) is 9.69 Å². The number of benzene rings is 2. The van der Waals surface area contributed by atoms with Crippen LogP contribution in [0.5, 0.6) is 5.75 Å². The molecule has 2 N–H and O–H groups in total. The molecule has 0 spiro atoms. The Bertz CT molecular complexity index is 1230. The van der Waals surface area contributed by atoms with Gasteiger partial charge in [0.25, 0.3) is 5.89 Å². The van der Waals surface area contributed by atoms with Crippen molar-refractivity contribution >= 4 is 5.91 Å². The second-order valence-corrected chi connectivity index (χ2v) is 8.75. The predicted molar refractivity (Wildman–Crippen MR) is 130 cm³/mol. The van der Waals surface area contributed by atoms with E-state index < -0.39 is 0 Å². The number of amides is 1. The minimum Gasteiger partial charge on any atom is -0.490 e. The first-order valence-corrected chi connectivity index (χ1v) is 11.7. The standard InChI is InChI=1S/C26H29N5O4/c1-17(2)34-23-6-5-21(14-22(23)15-27)26-29-25(30-35-26)20-4-3-18-7-10-31(11-8-19(18)13-20)16-24(33)28-9-12-32/h3-6,13-14,17,32H,7-12,16H2,1-2H3,(H,28,33). The molecule has 1 aromatic heterocycles. The van der Waals surface area contributed by atoms with E-state index in [0.29, 0.717) is 35.1 Å². The van der Waals surface area contributed by atoms with Crippen LogP contribution in [0.2, 0.25) is 0 Å². The minimum atomic E-state index is -0.0756. The lowest BCUT2D eigenvalue weighted by Gasteiger charge is -2.18. The van der Waals surface area contributed by atoms with E-state index in [2.05, 4.69) is 38.6 Å². The molecule has 35 heavy (non-hydrogen) atoms. The summed E-state index contributed by atoms with van der Waals surface area (Å²) >= 11 is 0. The van der Waals surface area contributed by atoms with Crippen molar-refractivity contribution in [2.75, 3.05) is 32.8 Å². The first-order valence-electron chi connectivity index (χ1n) is 11.7. The Hall–Kier alpha value is -3.74. The summed E-state index contributed by atoms with van der Waals surface area (Å²) in [6, 6.07) is 13.6. The molecule has 0 unspecified atom stereocenters. The van der Waals surface area contributed by atoms with Gasteiger partial charge in [0, 0.05) is 30.8 Å². The number of aliphatic hydroxyl groups is 1. The van der Waals surface area contributed by atoms with Crippen molar-refractivity contribution in [3.05, 3.63) is 53.1 Å². The summed E-state index contributed by atoms with van der Waals surface area (Å²) in [5.41, 5.74) is 4.37. The Morgan fingerprint density at radius 1 is 1.20 bits per heavy atom. The molecule has 9 heteroatoms. The molecule has 0 radical (unpaired) electrons. The molecule has 4 rings (SSSR count). The number of rotatable bonds is 8. The molecule has 1 aliphatic rings. The van der Waals surface area contributed by atoms with E-state index in [9.17, 15) is 10.1 Å². The van der Waals surface area contributed by atoms with Crippen LogP contribution >= 0.6 is 0 Å². The minimum absolute atomic E-state index is 0.0355. The lowest BCUT2D eigenvalue weighted by Crippen LogP contribution is -2.39. The van der Waals surface area contributed by atoms with Crippen LogP contribution in [0.3, 0.4) is 0 Å². The topological polar surface area (TPSA) is 125 Å². The molecular weight excluding hydrogens is 446 g/mol. The van der Waals surface area contributed by atoms with Crippen molar-refractivity contribution in [3.8, 4) is 34.7 Å². The molecule has 3 aromatic rings. The summed E-state index contributed by atoms with van der Waals surface area (Å²) in [6.07, 6.45) is 1.62. The van der Waals surface area contributed by atoms with Gasteiger partial charge in [0.05, 0.1) is 24.8 Å². The van der Waals surface area contributed by atoms with Gasteiger partial charge in [-0.1, -0.05) is 17.3 Å². The largest absolute Gasteiger partial charge is 0.490 e. The number of aliphatic hydroxyl groups excluding tert-OH is 1. The molecule has 0 atom stereocenters. The van der Waals surface area contributed by atoms with Crippen molar-refractivity contribution in [1.82, 2.24) is 20.4 Å². The zero-order valence-electron chi connectivity index (χ0n) is 20.0. The van der Waals surface area contributed by atoms with Gasteiger partial charge in [-0.15, -0.1) is 0 Å². The molecule has 0 aliphatic carbocycles. The van der Waals surface area contributed by atoms with Gasteiger partial charge in [0.15, 0.2) is 0 Å². The third-order valence-corrected chi connectivity index (χ3v) is 5.80. The molecule has 0 bridgehead atoms. The molecule has 1 amide bonds. The third-order valence-electron chi connectivity index (χ3n) is 5.80. The van der Waals surface area contributed by atoms with Crippen molar-refractivity contribution in [3.63, 3.8) is 0 Å². The average Bonchev–Trinajstić information content (AvgIpc) is 3.26. The van der Waals surface area contributed by atoms with Crippen molar-refractivity contribution in [2.24, 2.45) is 0 Å². The molecule has 2 aromatic carbocycles. The van der Waals surface area contributed by atoms with E-state index in [1.54, 1.807) is 18.2 Å². The summed E-state index contributed by atoms with van der Waals surface area (Å²) in [6.45, 7) is 5.92. The van der Waals surface area contributed by atoms with Gasteiger partial charge < -0.3 is 19.7 Å². The first kappa shape index (κ1) is 24.4. The second kappa shape index (κ2) is 11.1. The van der Waals surface area contributed by atoms with Crippen molar-refractivity contribution < 1.29 is 19.2 Å². The maximum absolute atomic E-state index is 12.0. The van der Waals surface area contributed by atoms with Crippen LogP contribution in [0.15, 0.2) is 40.9 Å². The number of carbonyl (C=O) groups is 1. The zero-order valence-corrected chi connectivity index (χ0v) is 20.0. The monoisotopic (exact) mass is 475 g/mol. The number of fused-ring (bicyclic) bond motifs is 1. The number of hydrogen-bond acceptors (Lipinski definition) is 8. The van der Waals surface area contributed by atoms with Crippen LogP contribution in [0.25, 0.3) is 22.8 Å². The van der Waals surface area contributed by atoms with E-state index in [0.717, 1.165) is 31.5 Å². The van der Waals surface area contributed by atoms with E-state index in [-0.39, 0.29) is 25.2 Å². The second-order valence-electron chi connectivity index (χ2n) is 8.75. The highest BCUT2D eigenvalue weighted by atomic mass is 16.5. The van der Waals surface area contributed by atoms with E-state index >= 15 is 0 Å². The van der Waals surface area contributed by atoms with Crippen LogP contribution in [0.4, 0.5) is 0 Å². The quantitative estimate of drug-likeness (QED) is 0.509. The number of carbonyl (C=O) groups excluding carboxylic acids is 1. The third kappa shape index (κ3) is 6.04. The predicted octanol–water partition coefficient (Wildman–Crippen LogP) is 2.57. The van der Waals surface area contributed by atoms with E-state index in [4.69, 9.17) is 14.4 Å². The molecule has 1 aliphatic heterocycles. The van der Waals surface area contributed by atoms with E-state index in [1.807, 2.05) is 19.9 Å². The SMILES string of the molecule is CC(C)Oc1ccc(-c2nc(-c3ccc4c(c3)CCN(CC(=O)NCCO)CC4)no2)cc1C#N. The number of nitrogens with one attached hydrogen (secondary N) is 1. The molecular formula is C26H29N5O4. The molecule has 0 saturated carbocycles. The maximum atomic E-state index is 12.0. The lowest BCUT2D eigenvalue weighted by molar-refractivity contribution is -0.122. The zero-order chi connectivity index (χ0) is 24.8. The molecule has 9 nitrogen and oxygen atoms in total. The smallest absolute Gasteiger partial charge is 0.258 e. The summed E-state index contributed by atoms with van der Waals surface area (Å²) in [5.74, 6) is 1.26. The molecule has 0 saturated heterocycles. The molecule has 182 valence electrons. The van der Waals surface area contributed by atoms with Crippen LogP contribution in [-0.2, 0) is 17.6 Å². The Kier molecular flexibility index (Phi) is 7.75.